The highest BCUT2D eigenvalue weighted by Crippen LogP contribution is 2.24. The molecule has 0 aliphatic carbocycles. The van der Waals surface area contributed by atoms with Crippen molar-refractivity contribution in [2.45, 2.75) is 18.2 Å². The summed E-state index contributed by atoms with van der Waals surface area (Å²) in [7, 11) is 0. The summed E-state index contributed by atoms with van der Waals surface area (Å²) in [5.41, 5.74) is 3.41. The van der Waals surface area contributed by atoms with Gasteiger partial charge in [0.05, 0.1) is 16.8 Å². The topological polar surface area (TPSA) is 64.0 Å². The van der Waals surface area contributed by atoms with E-state index in [1.54, 1.807) is 0 Å². The molecule has 0 saturated heterocycles. The second-order valence-electron chi connectivity index (χ2n) is 6.81. The van der Waals surface area contributed by atoms with Crippen LogP contribution in [0.3, 0.4) is 0 Å². The van der Waals surface area contributed by atoms with Crippen molar-refractivity contribution in [1.29, 1.82) is 0 Å². The summed E-state index contributed by atoms with van der Waals surface area (Å²) < 4.78 is 1.87. The van der Waals surface area contributed by atoms with Crippen molar-refractivity contribution < 1.29 is 9.59 Å². The second kappa shape index (κ2) is 9.41. The Balaban J connectivity index is 1.48. The number of nitrogens with zero attached hydrogens (tertiary/aromatic N) is 2. The second-order valence-corrected chi connectivity index (χ2v) is 7.75. The lowest BCUT2D eigenvalue weighted by Gasteiger charge is -2.10. The first-order chi connectivity index (χ1) is 14.7. The Morgan fingerprint density at radius 2 is 1.53 bits per heavy atom. The minimum atomic E-state index is -0.0988. The molecule has 4 rings (SSSR count). The van der Waals surface area contributed by atoms with Crippen LogP contribution in [0.25, 0.3) is 11.0 Å². The number of thioether (sulfide) groups is 1. The Labute approximate surface area is 179 Å². The van der Waals surface area contributed by atoms with Crippen LogP contribution in [0.2, 0.25) is 0 Å². The number of benzene rings is 3. The van der Waals surface area contributed by atoms with E-state index in [2.05, 4.69) is 10.3 Å². The van der Waals surface area contributed by atoms with E-state index >= 15 is 0 Å². The summed E-state index contributed by atoms with van der Waals surface area (Å²) in [6.45, 7) is 0.622. The Hall–Kier alpha value is -3.38. The third kappa shape index (κ3) is 4.78. The van der Waals surface area contributed by atoms with E-state index in [1.807, 2.05) is 89.5 Å². The van der Waals surface area contributed by atoms with Gasteiger partial charge in [0.1, 0.15) is 6.54 Å². The Morgan fingerprint density at radius 3 is 2.30 bits per heavy atom. The highest BCUT2D eigenvalue weighted by Gasteiger charge is 2.16. The molecule has 0 atom stereocenters. The molecule has 6 heteroatoms. The number of carbonyl (C=O) groups excluding carboxylic acids is 2. The van der Waals surface area contributed by atoms with Crippen LogP contribution in [0.1, 0.15) is 15.9 Å². The molecule has 0 fully saturated rings. The third-order valence-corrected chi connectivity index (χ3v) is 5.66. The molecular weight excluding hydrogens is 394 g/mol. The minimum absolute atomic E-state index is 0.0349. The number of aromatic nitrogens is 2. The molecule has 1 aromatic heterocycles. The van der Waals surface area contributed by atoms with Crippen LogP contribution in [-0.2, 0) is 17.9 Å². The van der Waals surface area contributed by atoms with Crippen molar-refractivity contribution in [2.24, 2.45) is 0 Å². The minimum Gasteiger partial charge on any atom is -0.350 e. The number of hydrogen-bond acceptors (Lipinski definition) is 4. The van der Waals surface area contributed by atoms with Gasteiger partial charge in [0.2, 0.25) is 5.91 Å². The molecule has 0 aliphatic heterocycles. The smallest absolute Gasteiger partial charge is 0.240 e. The number of imidazole rings is 1. The lowest BCUT2D eigenvalue weighted by Crippen LogP contribution is -2.27. The van der Waals surface area contributed by atoms with Gasteiger partial charge in [-0.1, -0.05) is 84.6 Å². The molecule has 0 aliphatic rings. The molecule has 0 unspecified atom stereocenters. The van der Waals surface area contributed by atoms with E-state index in [4.69, 9.17) is 0 Å². The fraction of sp³-hybridized carbons (Fsp3) is 0.125. The van der Waals surface area contributed by atoms with Crippen molar-refractivity contribution in [3.8, 4) is 0 Å². The average Bonchev–Trinajstić information content (AvgIpc) is 3.14. The van der Waals surface area contributed by atoms with Crippen LogP contribution in [-0.4, -0.2) is 27.0 Å². The van der Waals surface area contributed by atoms with Gasteiger partial charge in [-0.15, -0.1) is 0 Å². The zero-order chi connectivity index (χ0) is 20.8. The lowest BCUT2D eigenvalue weighted by atomic mass is 10.2. The first-order valence-electron chi connectivity index (χ1n) is 9.67. The van der Waals surface area contributed by atoms with Gasteiger partial charge in [0.15, 0.2) is 10.9 Å². The summed E-state index contributed by atoms with van der Waals surface area (Å²) in [5, 5.41) is 3.62. The van der Waals surface area contributed by atoms with Gasteiger partial charge in [0.25, 0.3) is 0 Å². The molecule has 4 aromatic rings. The standard InChI is InChI=1S/C24H21N3O2S/c28-22(19-11-5-2-6-12-19)17-30-24-26-20-13-7-8-14-21(20)27(24)16-23(29)25-15-18-9-3-1-4-10-18/h1-14H,15-17H2,(H,25,29). The molecule has 150 valence electrons. The van der Waals surface area contributed by atoms with Gasteiger partial charge < -0.3 is 9.88 Å². The number of fused-ring (bicyclic) bond motifs is 1. The Bertz CT molecular complexity index is 1160. The number of nitrogens with one attached hydrogen (secondary N) is 1. The Morgan fingerprint density at radius 1 is 0.867 bits per heavy atom. The van der Waals surface area contributed by atoms with Gasteiger partial charge in [0, 0.05) is 12.1 Å². The van der Waals surface area contributed by atoms with E-state index in [9.17, 15) is 9.59 Å². The lowest BCUT2D eigenvalue weighted by molar-refractivity contribution is -0.121. The number of rotatable bonds is 8. The van der Waals surface area contributed by atoms with Gasteiger partial charge in [-0.05, 0) is 17.7 Å². The number of ketones is 1. The normalized spacial score (nSPS) is 10.8. The quantitative estimate of drug-likeness (QED) is 0.344. The summed E-state index contributed by atoms with van der Waals surface area (Å²) in [4.78, 5) is 29.7. The van der Waals surface area contributed by atoms with Crippen LogP contribution in [0.5, 0.6) is 0 Å². The number of amides is 1. The maximum absolute atomic E-state index is 12.6. The maximum Gasteiger partial charge on any atom is 0.240 e. The molecule has 0 bridgehead atoms. The summed E-state index contributed by atoms with van der Waals surface area (Å²) in [6, 6.07) is 26.7. The zero-order valence-corrected chi connectivity index (χ0v) is 17.1. The predicted molar refractivity (Wildman–Crippen MR) is 120 cm³/mol. The van der Waals surface area contributed by atoms with E-state index in [-0.39, 0.29) is 24.0 Å². The fourth-order valence-corrected chi connectivity index (χ4v) is 4.06. The molecule has 1 N–H and O–H groups in total. The van der Waals surface area contributed by atoms with E-state index in [0.717, 1.165) is 16.6 Å². The number of hydrogen-bond donors (Lipinski definition) is 1. The molecule has 0 radical (unpaired) electrons. The van der Waals surface area contributed by atoms with Crippen molar-refractivity contribution in [1.82, 2.24) is 14.9 Å². The van der Waals surface area contributed by atoms with Crippen molar-refractivity contribution >= 4 is 34.5 Å². The molecule has 30 heavy (non-hydrogen) atoms. The molecule has 0 spiro atoms. The summed E-state index contributed by atoms with van der Waals surface area (Å²) in [6.07, 6.45) is 0. The van der Waals surface area contributed by atoms with Crippen LogP contribution >= 0.6 is 11.8 Å². The first kappa shape index (κ1) is 19.9. The van der Waals surface area contributed by atoms with Gasteiger partial charge in [-0.2, -0.15) is 0 Å². The molecule has 0 saturated carbocycles. The van der Waals surface area contributed by atoms with E-state index in [0.29, 0.717) is 17.3 Å². The Kier molecular flexibility index (Phi) is 6.25. The molecule has 1 amide bonds. The summed E-state index contributed by atoms with van der Waals surface area (Å²) >= 11 is 1.35. The monoisotopic (exact) mass is 415 g/mol. The van der Waals surface area contributed by atoms with Gasteiger partial charge in [-0.3, -0.25) is 9.59 Å². The van der Waals surface area contributed by atoms with Crippen LogP contribution in [0, 0.1) is 0 Å². The predicted octanol–water partition coefficient (Wildman–Crippen LogP) is 4.33. The van der Waals surface area contributed by atoms with E-state index in [1.165, 1.54) is 11.8 Å². The SMILES string of the molecule is O=C(Cn1c(SCC(=O)c2ccccc2)nc2ccccc21)NCc1ccccc1. The zero-order valence-electron chi connectivity index (χ0n) is 16.3. The number of Topliss-reactive ketones (excluding diaryl/α,β-unsaturated/α-hetero) is 1. The van der Waals surface area contributed by atoms with Crippen molar-refractivity contribution in [3.63, 3.8) is 0 Å². The molecular formula is C24H21N3O2S. The number of para-hydroxylation sites is 2. The van der Waals surface area contributed by atoms with Crippen LogP contribution < -0.4 is 5.32 Å². The third-order valence-electron chi connectivity index (χ3n) is 4.68. The van der Waals surface area contributed by atoms with Crippen LogP contribution in [0.4, 0.5) is 0 Å². The maximum atomic E-state index is 12.6. The fourth-order valence-electron chi connectivity index (χ4n) is 3.15. The number of carbonyl (C=O) groups is 2. The highest BCUT2D eigenvalue weighted by molar-refractivity contribution is 7.99. The average molecular weight is 416 g/mol. The molecule has 3 aromatic carbocycles. The molecule has 1 heterocycles. The largest absolute Gasteiger partial charge is 0.350 e. The van der Waals surface area contributed by atoms with Crippen molar-refractivity contribution in [3.05, 3.63) is 96.1 Å². The van der Waals surface area contributed by atoms with Gasteiger partial charge in [-0.25, -0.2) is 4.98 Å². The first-order valence-corrected chi connectivity index (χ1v) is 10.7. The van der Waals surface area contributed by atoms with E-state index < -0.39 is 0 Å². The highest BCUT2D eigenvalue weighted by atomic mass is 32.2. The van der Waals surface area contributed by atoms with Gasteiger partial charge >= 0.3 is 0 Å². The van der Waals surface area contributed by atoms with Crippen LogP contribution in [0.15, 0.2) is 90.1 Å². The molecule has 5 nitrogen and oxygen atoms in total. The summed E-state index contributed by atoms with van der Waals surface area (Å²) in [5.74, 6) is 0.199. The van der Waals surface area contributed by atoms with Crippen molar-refractivity contribution in [2.75, 3.05) is 5.75 Å².